The van der Waals surface area contributed by atoms with Gasteiger partial charge < -0.3 is 14.8 Å². The van der Waals surface area contributed by atoms with E-state index >= 15 is 0 Å². The SMILES string of the molecule is Cc1cc(N2C(=S)N[C@H](c3ccccn3)[C@H]2c2ccn(C(C)C)c2)ccc1F. The molecule has 0 aliphatic carbocycles. The zero-order valence-corrected chi connectivity index (χ0v) is 16.9. The normalized spacial score (nSPS) is 19.3. The molecule has 28 heavy (non-hydrogen) atoms. The molecular weight excluding hydrogens is 371 g/mol. The summed E-state index contributed by atoms with van der Waals surface area (Å²) in [5, 5.41) is 4.05. The van der Waals surface area contributed by atoms with Crippen molar-refractivity contribution < 1.29 is 4.39 Å². The van der Waals surface area contributed by atoms with E-state index in [-0.39, 0.29) is 17.9 Å². The molecule has 1 saturated heterocycles. The van der Waals surface area contributed by atoms with Crippen LogP contribution in [0.5, 0.6) is 0 Å². The minimum Gasteiger partial charge on any atom is -0.351 e. The van der Waals surface area contributed by atoms with E-state index in [0.29, 0.717) is 16.7 Å². The van der Waals surface area contributed by atoms with Crippen LogP contribution in [0.4, 0.5) is 10.1 Å². The largest absolute Gasteiger partial charge is 0.351 e. The number of thiocarbonyl (C=S) groups is 1. The number of anilines is 1. The molecule has 0 radical (unpaired) electrons. The molecule has 4 rings (SSSR count). The number of hydrogen-bond acceptors (Lipinski definition) is 2. The highest BCUT2D eigenvalue weighted by atomic mass is 32.1. The zero-order chi connectivity index (χ0) is 19.8. The summed E-state index contributed by atoms with van der Waals surface area (Å²) >= 11 is 5.70. The molecule has 0 spiro atoms. The molecule has 1 aliphatic rings. The topological polar surface area (TPSA) is 33.1 Å². The van der Waals surface area contributed by atoms with Crippen LogP contribution in [0, 0.1) is 12.7 Å². The molecule has 3 aromatic rings. The maximum Gasteiger partial charge on any atom is 0.174 e. The molecule has 6 heteroatoms. The number of hydrogen-bond donors (Lipinski definition) is 1. The van der Waals surface area contributed by atoms with Crippen LogP contribution in [0.25, 0.3) is 0 Å². The van der Waals surface area contributed by atoms with Crippen LogP contribution in [0.3, 0.4) is 0 Å². The Morgan fingerprint density at radius 2 is 2.00 bits per heavy atom. The summed E-state index contributed by atoms with van der Waals surface area (Å²) in [6.45, 7) is 6.07. The van der Waals surface area contributed by atoms with Gasteiger partial charge in [-0.25, -0.2) is 4.39 Å². The monoisotopic (exact) mass is 394 g/mol. The van der Waals surface area contributed by atoms with Gasteiger partial charge in [-0.2, -0.15) is 0 Å². The molecule has 2 aromatic heterocycles. The molecule has 1 fully saturated rings. The molecule has 144 valence electrons. The standard InChI is InChI=1S/C22H23FN4S/c1-14(2)26-11-9-16(13-26)21-20(19-6-4-5-10-24-19)25-22(28)27(21)17-7-8-18(23)15(3)12-17/h4-14,20-21H,1-3H3,(H,25,28)/t20-,21-/m1/s1. The summed E-state index contributed by atoms with van der Waals surface area (Å²) in [5.41, 5.74) is 3.53. The van der Waals surface area contributed by atoms with Gasteiger partial charge in [-0.1, -0.05) is 6.07 Å². The highest BCUT2D eigenvalue weighted by Gasteiger charge is 2.41. The Balaban J connectivity index is 1.82. The fraction of sp³-hybridized carbons (Fsp3) is 0.273. The molecule has 2 atom stereocenters. The summed E-state index contributed by atoms with van der Waals surface area (Å²) < 4.78 is 16.0. The lowest BCUT2D eigenvalue weighted by Gasteiger charge is -2.27. The average Bonchev–Trinajstić information content (AvgIpc) is 3.29. The number of aromatic nitrogens is 2. The highest BCUT2D eigenvalue weighted by Crippen LogP contribution is 2.42. The van der Waals surface area contributed by atoms with Crippen molar-refractivity contribution in [3.05, 3.63) is 83.7 Å². The van der Waals surface area contributed by atoms with Crippen molar-refractivity contribution in [1.29, 1.82) is 0 Å². The van der Waals surface area contributed by atoms with Crippen LogP contribution in [0.2, 0.25) is 0 Å². The second-order valence-corrected chi connectivity index (χ2v) is 7.80. The third kappa shape index (κ3) is 3.29. The van der Waals surface area contributed by atoms with Crippen LogP contribution in [0.15, 0.2) is 61.1 Å². The second kappa shape index (κ2) is 7.36. The Kier molecular flexibility index (Phi) is 4.89. The molecule has 1 aromatic carbocycles. The quantitative estimate of drug-likeness (QED) is 0.625. The Bertz CT molecular complexity index is 999. The smallest absolute Gasteiger partial charge is 0.174 e. The van der Waals surface area contributed by atoms with Crippen LogP contribution < -0.4 is 10.2 Å². The van der Waals surface area contributed by atoms with Gasteiger partial charge in [-0.05, 0) is 80.5 Å². The first-order valence-electron chi connectivity index (χ1n) is 9.40. The summed E-state index contributed by atoms with van der Waals surface area (Å²) in [4.78, 5) is 6.63. The number of benzene rings is 1. The van der Waals surface area contributed by atoms with Gasteiger partial charge in [0, 0.05) is 30.3 Å². The first-order chi connectivity index (χ1) is 13.5. The number of nitrogens with one attached hydrogen (secondary N) is 1. The van der Waals surface area contributed by atoms with E-state index in [0.717, 1.165) is 16.9 Å². The number of aryl methyl sites for hydroxylation is 1. The van der Waals surface area contributed by atoms with Crippen LogP contribution >= 0.6 is 12.2 Å². The third-order valence-electron chi connectivity index (χ3n) is 5.19. The average molecular weight is 395 g/mol. The van der Waals surface area contributed by atoms with Gasteiger partial charge in [0.25, 0.3) is 0 Å². The van der Waals surface area contributed by atoms with Gasteiger partial charge in [0.05, 0.1) is 17.8 Å². The first-order valence-corrected chi connectivity index (χ1v) is 9.80. The van der Waals surface area contributed by atoms with Crippen molar-refractivity contribution in [1.82, 2.24) is 14.9 Å². The summed E-state index contributed by atoms with van der Waals surface area (Å²) in [6, 6.07) is 13.3. The van der Waals surface area contributed by atoms with Crippen molar-refractivity contribution in [2.75, 3.05) is 4.90 Å². The minimum atomic E-state index is -0.217. The van der Waals surface area contributed by atoms with E-state index in [9.17, 15) is 4.39 Å². The number of pyridine rings is 1. The second-order valence-electron chi connectivity index (χ2n) is 7.42. The van der Waals surface area contributed by atoms with Crippen molar-refractivity contribution in [3.63, 3.8) is 0 Å². The number of rotatable bonds is 4. The maximum absolute atomic E-state index is 13.9. The van der Waals surface area contributed by atoms with Gasteiger partial charge in [0.1, 0.15) is 5.82 Å². The molecule has 4 nitrogen and oxygen atoms in total. The van der Waals surface area contributed by atoms with Gasteiger partial charge in [-0.15, -0.1) is 0 Å². The molecular formula is C22H23FN4S. The van der Waals surface area contributed by atoms with E-state index < -0.39 is 0 Å². The Morgan fingerprint density at radius 1 is 1.18 bits per heavy atom. The summed E-state index contributed by atoms with van der Waals surface area (Å²) in [7, 11) is 0. The van der Waals surface area contributed by atoms with Crippen molar-refractivity contribution >= 4 is 23.0 Å². The lowest BCUT2D eigenvalue weighted by molar-refractivity contribution is 0.559. The first kappa shape index (κ1) is 18.6. The molecule has 3 heterocycles. The van der Waals surface area contributed by atoms with Crippen LogP contribution in [0.1, 0.15) is 48.8 Å². The van der Waals surface area contributed by atoms with E-state index in [4.69, 9.17) is 12.2 Å². The van der Waals surface area contributed by atoms with Crippen molar-refractivity contribution in [2.24, 2.45) is 0 Å². The lowest BCUT2D eigenvalue weighted by atomic mass is 9.98. The summed E-state index contributed by atoms with van der Waals surface area (Å²) in [6.07, 6.45) is 6.04. The van der Waals surface area contributed by atoms with E-state index in [1.165, 1.54) is 6.07 Å². The molecule has 1 aliphatic heterocycles. The van der Waals surface area contributed by atoms with E-state index in [1.54, 1.807) is 19.2 Å². The maximum atomic E-state index is 13.9. The van der Waals surface area contributed by atoms with Crippen molar-refractivity contribution in [2.45, 2.75) is 38.9 Å². The van der Waals surface area contributed by atoms with Gasteiger partial charge in [-0.3, -0.25) is 4.98 Å². The predicted octanol–water partition coefficient (Wildman–Crippen LogP) is 5.09. The fourth-order valence-corrected chi connectivity index (χ4v) is 4.02. The molecule has 0 saturated carbocycles. The molecule has 0 bridgehead atoms. The number of nitrogens with zero attached hydrogens (tertiary/aromatic N) is 3. The van der Waals surface area contributed by atoms with Gasteiger partial charge in [0.15, 0.2) is 5.11 Å². The highest BCUT2D eigenvalue weighted by molar-refractivity contribution is 7.80. The van der Waals surface area contributed by atoms with E-state index in [1.807, 2.05) is 24.3 Å². The Labute approximate surface area is 170 Å². The van der Waals surface area contributed by atoms with E-state index in [2.05, 4.69) is 52.1 Å². The molecule has 0 unspecified atom stereocenters. The van der Waals surface area contributed by atoms with Gasteiger partial charge in [0.2, 0.25) is 0 Å². The Morgan fingerprint density at radius 3 is 2.64 bits per heavy atom. The molecule has 1 N–H and O–H groups in total. The van der Waals surface area contributed by atoms with Crippen molar-refractivity contribution in [3.8, 4) is 0 Å². The van der Waals surface area contributed by atoms with Crippen LogP contribution in [-0.2, 0) is 0 Å². The van der Waals surface area contributed by atoms with Crippen LogP contribution in [-0.4, -0.2) is 14.7 Å². The predicted molar refractivity (Wildman–Crippen MR) is 114 cm³/mol. The minimum absolute atomic E-state index is 0.0766. The third-order valence-corrected chi connectivity index (χ3v) is 5.51. The summed E-state index contributed by atoms with van der Waals surface area (Å²) in [5.74, 6) is -0.217. The lowest BCUT2D eigenvalue weighted by Crippen LogP contribution is -2.29. The molecule has 0 amide bonds. The fourth-order valence-electron chi connectivity index (χ4n) is 3.68. The van der Waals surface area contributed by atoms with Gasteiger partial charge >= 0.3 is 0 Å². The number of halogens is 1. The zero-order valence-electron chi connectivity index (χ0n) is 16.1. The Hall–Kier alpha value is -2.73.